The number of hydrogen-bond acceptors (Lipinski definition) is 9. The predicted octanol–water partition coefficient (Wildman–Crippen LogP) is 9.64. The summed E-state index contributed by atoms with van der Waals surface area (Å²) in [4.78, 5) is 12.8. The smallest absolute Gasteiger partial charge is 0.306 e. The lowest BCUT2D eigenvalue weighted by molar-refractivity contribution is -0.305. The maximum atomic E-state index is 12.8. The molecule has 9 heteroatoms. The van der Waals surface area contributed by atoms with E-state index in [9.17, 15) is 25.2 Å². The largest absolute Gasteiger partial charge is 0.457 e. The van der Waals surface area contributed by atoms with Crippen LogP contribution in [0.1, 0.15) is 200 Å². The number of rotatable bonds is 38. The van der Waals surface area contributed by atoms with Crippen LogP contribution >= 0.6 is 0 Å². The number of aliphatic hydroxyl groups excluding tert-OH is 4. The molecule has 53 heavy (non-hydrogen) atoms. The van der Waals surface area contributed by atoms with Gasteiger partial charge in [-0.15, -0.1) is 0 Å². The lowest BCUT2D eigenvalue weighted by Gasteiger charge is -2.39. The van der Waals surface area contributed by atoms with Gasteiger partial charge in [-0.05, 0) is 32.1 Å². The summed E-state index contributed by atoms with van der Waals surface area (Å²) >= 11 is 0. The highest BCUT2D eigenvalue weighted by Crippen LogP contribution is 2.23. The number of carbonyl (C=O) groups excluding carboxylic acids is 1. The lowest BCUT2D eigenvalue weighted by Crippen LogP contribution is -2.59. The standard InChI is InChI=1S/C44H84O9/c1-3-5-7-9-11-13-15-16-17-18-19-20-21-22-23-25-27-29-31-33-40(46)52-38(37-51-44-43(49)42(48)41(47)39(35-45)53-44)36-50-34-32-30-28-26-24-14-12-10-8-6-4-2/h8,10,38-39,41-45,47-49H,3-7,9,11-37H2,1-2H3/b10-8-. The van der Waals surface area contributed by atoms with Crippen molar-refractivity contribution in [3.05, 3.63) is 12.2 Å². The summed E-state index contributed by atoms with van der Waals surface area (Å²) in [6.07, 6.45) is 32.4. The number of unbranched alkanes of at least 4 members (excludes halogenated alkanes) is 25. The molecule has 0 aromatic heterocycles. The van der Waals surface area contributed by atoms with Gasteiger partial charge >= 0.3 is 5.97 Å². The zero-order chi connectivity index (χ0) is 38.6. The van der Waals surface area contributed by atoms with Gasteiger partial charge in [0.25, 0.3) is 0 Å². The van der Waals surface area contributed by atoms with Crippen molar-refractivity contribution in [1.82, 2.24) is 0 Å². The first-order valence-electron chi connectivity index (χ1n) is 22.3. The number of allylic oxidation sites excluding steroid dienone is 2. The van der Waals surface area contributed by atoms with Crippen molar-refractivity contribution in [3.63, 3.8) is 0 Å². The summed E-state index contributed by atoms with van der Waals surface area (Å²) in [5.74, 6) is -0.312. The van der Waals surface area contributed by atoms with E-state index >= 15 is 0 Å². The number of hydrogen-bond donors (Lipinski definition) is 4. The van der Waals surface area contributed by atoms with Crippen molar-refractivity contribution < 1.29 is 44.2 Å². The van der Waals surface area contributed by atoms with Gasteiger partial charge in [0.05, 0.1) is 19.8 Å². The Balaban J connectivity index is 2.22. The molecule has 314 valence electrons. The van der Waals surface area contributed by atoms with E-state index in [2.05, 4.69) is 26.0 Å². The van der Waals surface area contributed by atoms with Crippen molar-refractivity contribution in [2.45, 2.75) is 237 Å². The fourth-order valence-corrected chi connectivity index (χ4v) is 6.91. The zero-order valence-electron chi connectivity index (χ0n) is 34.3. The molecule has 1 aliphatic heterocycles. The van der Waals surface area contributed by atoms with Crippen LogP contribution in [0.4, 0.5) is 0 Å². The maximum Gasteiger partial charge on any atom is 0.306 e. The van der Waals surface area contributed by atoms with Crippen molar-refractivity contribution in [3.8, 4) is 0 Å². The summed E-state index contributed by atoms with van der Waals surface area (Å²) in [5.41, 5.74) is 0. The molecule has 6 atom stereocenters. The highest BCUT2D eigenvalue weighted by atomic mass is 16.7. The number of ether oxygens (including phenoxy) is 4. The minimum atomic E-state index is -1.53. The molecule has 0 saturated carbocycles. The molecule has 0 amide bonds. The van der Waals surface area contributed by atoms with E-state index in [1.54, 1.807) is 0 Å². The Morgan fingerprint density at radius 3 is 1.60 bits per heavy atom. The van der Waals surface area contributed by atoms with Crippen molar-refractivity contribution in [1.29, 1.82) is 0 Å². The van der Waals surface area contributed by atoms with Gasteiger partial charge in [0.2, 0.25) is 0 Å². The molecule has 0 aromatic carbocycles. The Hall–Kier alpha value is -1.07. The Morgan fingerprint density at radius 1 is 0.585 bits per heavy atom. The second-order valence-electron chi connectivity index (χ2n) is 15.5. The van der Waals surface area contributed by atoms with E-state index < -0.39 is 43.4 Å². The van der Waals surface area contributed by atoms with Crippen LogP contribution in [0.15, 0.2) is 12.2 Å². The van der Waals surface area contributed by atoms with E-state index in [1.807, 2.05) is 0 Å². The van der Waals surface area contributed by atoms with Crippen molar-refractivity contribution in [2.75, 3.05) is 26.4 Å². The molecule has 1 fully saturated rings. The molecular formula is C44H84O9. The predicted molar refractivity (Wildman–Crippen MR) is 215 cm³/mol. The number of esters is 1. The van der Waals surface area contributed by atoms with Gasteiger partial charge in [0.1, 0.15) is 30.5 Å². The first kappa shape index (κ1) is 49.9. The Morgan fingerprint density at radius 2 is 1.08 bits per heavy atom. The van der Waals surface area contributed by atoms with Gasteiger partial charge in [0, 0.05) is 13.0 Å². The maximum absolute atomic E-state index is 12.8. The zero-order valence-corrected chi connectivity index (χ0v) is 34.3. The molecule has 0 bridgehead atoms. The van der Waals surface area contributed by atoms with Crippen LogP contribution in [-0.2, 0) is 23.7 Å². The van der Waals surface area contributed by atoms with Crippen LogP contribution in [0, 0.1) is 0 Å². The van der Waals surface area contributed by atoms with Gasteiger partial charge in [-0.2, -0.15) is 0 Å². The average Bonchev–Trinajstić information content (AvgIpc) is 3.16. The van der Waals surface area contributed by atoms with Crippen LogP contribution in [0.2, 0.25) is 0 Å². The topological polar surface area (TPSA) is 135 Å². The molecule has 1 aliphatic rings. The fourth-order valence-electron chi connectivity index (χ4n) is 6.91. The minimum absolute atomic E-state index is 0.111. The molecule has 0 radical (unpaired) electrons. The second kappa shape index (κ2) is 36.6. The van der Waals surface area contributed by atoms with Crippen molar-refractivity contribution >= 4 is 5.97 Å². The molecule has 9 nitrogen and oxygen atoms in total. The highest BCUT2D eigenvalue weighted by Gasteiger charge is 2.44. The Bertz CT molecular complexity index is 823. The van der Waals surface area contributed by atoms with Gasteiger partial charge in [-0.3, -0.25) is 4.79 Å². The molecule has 0 aromatic rings. The van der Waals surface area contributed by atoms with Crippen LogP contribution in [0.3, 0.4) is 0 Å². The molecule has 1 saturated heterocycles. The summed E-state index contributed by atoms with van der Waals surface area (Å²) in [5, 5.41) is 40.0. The fraction of sp³-hybridized carbons (Fsp3) is 0.932. The second-order valence-corrected chi connectivity index (χ2v) is 15.5. The van der Waals surface area contributed by atoms with Crippen molar-refractivity contribution in [2.24, 2.45) is 0 Å². The lowest BCUT2D eigenvalue weighted by atomic mass is 9.99. The third-order valence-corrected chi connectivity index (χ3v) is 10.4. The first-order chi connectivity index (χ1) is 25.9. The van der Waals surface area contributed by atoms with Gasteiger partial charge < -0.3 is 39.4 Å². The Kier molecular flexibility index (Phi) is 34.5. The minimum Gasteiger partial charge on any atom is -0.457 e. The van der Waals surface area contributed by atoms with E-state index in [-0.39, 0.29) is 19.2 Å². The molecule has 0 aliphatic carbocycles. The third-order valence-electron chi connectivity index (χ3n) is 10.4. The van der Waals surface area contributed by atoms with Gasteiger partial charge in [-0.1, -0.05) is 174 Å². The van der Waals surface area contributed by atoms with E-state index in [0.717, 1.165) is 38.5 Å². The van der Waals surface area contributed by atoms with Gasteiger partial charge in [0.15, 0.2) is 6.29 Å². The van der Waals surface area contributed by atoms with Crippen LogP contribution in [0.25, 0.3) is 0 Å². The Labute approximate surface area is 325 Å². The molecule has 4 N–H and O–H groups in total. The average molecular weight is 757 g/mol. The molecule has 1 heterocycles. The third kappa shape index (κ3) is 28.1. The molecule has 1 rings (SSSR count). The summed E-state index contributed by atoms with van der Waals surface area (Å²) in [6.45, 7) is 4.52. The van der Waals surface area contributed by atoms with Crippen LogP contribution in [0.5, 0.6) is 0 Å². The van der Waals surface area contributed by atoms with Crippen LogP contribution < -0.4 is 0 Å². The normalized spacial score (nSPS) is 21.1. The molecule has 0 spiro atoms. The first-order valence-corrected chi connectivity index (χ1v) is 22.3. The summed E-state index contributed by atoms with van der Waals surface area (Å²) in [6, 6.07) is 0. The number of carbonyl (C=O) groups is 1. The summed E-state index contributed by atoms with van der Waals surface area (Å²) in [7, 11) is 0. The van der Waals surface area contributed by atoms with E-state index in [0.29, 0.717) is 13.0 Å². The molecular weight excluding hydrogens is 672 g/mol. The highest BCUT2D eigenvalue weighted by molar-refractivity contribution is 5.69. The quantitative estimate of drug-likeness (QED) is 0.0276. The monoisotopic (exact) mass is 757 g/mol. The van der Waals surface area contributed by atoms with Gasteiger partial charge in [-0.25, -0.2) is 0 Å². The van der Waals surface area contributed by atoms with E-state index in [4.69, 9.17) is 18.9 Å². The van der Waals surface area contributed by atoms with E-state index in [1.165, 1.54) is 141 Å². The van der Waals surface area contributed by atoms with Crippen LogP contribution in [-0.4, -0.2) is 89.6 Å². The molecule has 6 unspecified atom stereocenters. The summed E-state index contributed by atoms with van der Waals surface area (Å²) < 4.78 is 22.8. The number of aliphatic hydroxyl groups is 4. The SMILES string of the molecule is CCC/C=C\CCCCCCCCOCC(COC1OC(CO)C(O)C(O)C1O)OC(=O)CCCCCCCCCCCCCCCCCCCCC.